The van der Waals surface area contributed by atoms with Crippen LogP contribution in [0.5, 0.6) is 0 Å². The summed E-state index contributed by atoms with van der Waals surface area (Å²) in [5, 5.41) is 5.32. The maximum absolute atomic E-state index is 2.47. The highest BCUT2D eigenvalue weighted by Gasteiger charge is 2.16. The lowest BCUT2D eigenvalue weighted by atomic mass is 10.0. The zero-order chi connectivity index (χ0) is 22.0. The van der Waals surface area contributed by atoms with Gasteiger partial charge in [-0.05, 0) is 63.1 Å². The fourth-order valence-electron chi connectivity index (χ4n) is 5.47. The molecule has 2 heterocycles. The molecule has 0 radical (unpaired) electrons. The summed E-state index contributed by atoms with van der Waals surface area (Å²) in [6.45, 7) is 9.08. The van der Waals surface area contributed by atoms with Crippen molar-refractivity contribution in [1.82, 2.24) is 9.13 Å². The van der Waals surface area contributed by atoms with Crippen LogP contribution in [0.15, 0.2) is 84.9 Å². The lowest BCUT2D eigenvalue weighted by Crippen LogP contribution is -2.00. The van der Waals surface area contributed by atoms with Gasteiger partial charge in [-0.25, -0.2) is 0 Å². The molecular formula is C30H28N2. The Labute approximate surface area is 188 Å². The van der Waals surface area contributed by atoms with Crippen molar-refractivity contribution in [3.63, 3.8) is 0 Å². The minimum Gasteiger partial charge on any atom is -0.338 e. The SMILES string of the molecule is CC(C)n1c2ccccc2c2ccc(-c3ccc4c5ccccc5n(C(C)C)c4c3)cc21. The molecule has 0 fully saturated rings. The van der Waals surface area contributed by atoms with Gasteiger partial charge in [-0.2, -0.15) is 0 Å². The van der Waals surface area contributed by atoms with Crippen molar-refractivity contribution in [2.75, 3.05) is 0 Å². The van der Waals surface area contributed by atoms with Gasteiger partial charge in [0, 0.05) is 55.7 Å². The number of hydrogen-bond acceptors (Lipinski definition) is 0. The summed E-state index contributed by atoms with van der Waals surface area (Å²) in [4.78, 5) is 0. The Morgan fingerprint density at radius 1 is 0.438 bits per heavy atom. The predicted octanol–water partition coefficient (Wildman–Crippen LogP) is 8.73. The molecule has 6 rings (SSSR count). The monoisotopic (exact) mass is 416 g/mol. The summed E-state index contributed by atoms with van der Waals surface area (Å²) >= 11 is 0. The van der Waals surface area contributed by atoms with E-state index in [1.807, 2.05) is 0 Å². The molecule has 0 saturated carbocycles. The minimum atomic E-state index is 0.401. The summed E-state index contributed by atoms with van der Waals surface area (Å²) in [7, 11) is 0. The number of fused-ring (bicyclic) bond motifs is 6. The molecular weight excluding hydrogens is 388 g/mol. The summed E-state index contributed by atoms with van der Waals surface area (Å²) < 4.78 is 4.94. The predicted molar refractivity (Wildman–Crippen MR) is 139 cm³/mol. The molecule has 2 aromatic heterocycles. The molecule has 2 heteroatoms. The van der Waals surface area contributed by atoms with Gasteiger partial charge in [-0.1, -0.05) is 60.7 Å². The first-order valence-corrected chi connectivity index (χ1v) is 11.6. The van der Waals surface area contributed by atoms with Gasteiger partial charge in [-0.3, -0.25) is 0 Å². The van der Waals surface area contributed by atoms with E-state index in [1.165, 1.54) is 54.7 Å². The maximum Gasteiger partial charge on any atom is 0.0500 e. The second kappa shape index (κ2) is 7.00. The summed E-state index contributed by atoms with van der Waals surface area (Å²) in [6.07, 6.45) is 0. The first-order valence-electron chi connectivity index (χ1n) is 11.6. The third-order valence-corrected chi connectivity index (χ3v) is 6.79. The fraction of sp³-hybridized carbons (Fsp3) is 0.200. The molecule has 0 aliphatic carbocycles. The summed E-state index contributed by atoms with van der Waals surface area (Å²) in [5.74, 6) is 0. The van der Waals surface area contributed by atoms with E-state index in [9.17, 15) is 0 Å². The second-order valence-electron chi connectivity index (χ2n) is 9.43. The van der Waals surface area contributed by atoms with Crippen LogP contribution in [-0.2, 0) is 0 Å². The van der Waals surface area contributed by atoms with Crippen molar-refractivity contribution in [2.45, 2.75) is 39.8 Å². The Kier molecular flexibility index (Phi) is 4.19. The molecule has 0 amide bonds. The van der Waals surface area contributed by atoms with E-state index >= 15 is 0 Å². The lowest BCUT2D eigenvalue weighted by Gasteiger charge is -2.13. The Morgan fingerprint density at radius 3 is 1.22 bits per heavy atom. The zero-order valence-electron chi connectivity index (χ0n) is 19.1. The molecule has 2 nitrogen and oxygen atoms in total. The number of hydrogen-bond donors (Lipinski definition) is 0. The van der Waals surface area contributed by atoms with Crippen LogP contribution in [-0.4, -0.2) is 9.13 Å². The van der Waals surface area contributed by atoms with Gasteiger partial charge in [0.15, 0.2) is 0 Å². The van der Waals surface area contributed by atoms with Crippen molar-refractivity contribution in [1.29, 1.82) is 0 Å². The van der Waals surface area contributed by atoms with E-state index in [1.54, 1.807) is 0 Å². The van der Waals surface area contributed by atoms with Gasteiger partial charge in [-0.15, -0.1) is 0 Å². The van der Waals surface area contributed by atoms with Gasteiger partial charge < -0.3 is 9.13 Å². The largest absolute Gasteiger partial charge is 0.338 e. The molecule has 6 aromatic rings. The Bertz CT molecular complexity index is 1500. The van der Waals surface area contributed by atoms with Crippen molar-refractivity contribution < 1.29 is 0 Å². The Balaban J connectivity index is 1.63. The topological polar surface area (TPSA) is 9.86 Å². The first-order chi connectivity index (χ1) is 15.5. The van der Waals surface area contributed by atoms with Crippen LogP contribution in [0.1, 0.15) is 39.8 Å². The lowest BCUT2D eigenvalue weighted by molar-refractivity contribution is 0.642. The number of aromatic nitrogens is 2. The van der Waals surface area contributed by atoms with Crippen molar-refractivity contribution in [2.24, 2.45) is 0 Å². The van der Waals surface area contributed by atoms with Crippen LogP contribution >= 0.6 is 0 Å². The highest BCUT2D eigenvalue weighted by molar-refractivity contribution is 6.11. The van der Waals surface area contributed by atoms with Crippen LogP contribution < -0.4 is 0 Å². The number of nitrogens with zero attached hydrogens (tertiary/aromatic N) is 2. The third-order valence-electron chi connectivity index (χ3n) is 6.79. The zero-order valence-corrected chi connectivity index (χ0v) is 19.1. The van der Waals surface area contributed by atoms with E-state index in [0.29, 0.717) is 12.1 Å². The number of para-hydroxylation sites is 2. The fourth-order valence-corrected chi connectivity index (χ4v) is 5.47. The highest BCUT2D eigenvalue weighted by Crippen LogP contribution is 2.37. The van der Waals surface area contributed by atoms with Crippen LogP contribution in [0.2, 0.25) is 0 Å². The van der Waals surface area contributed by atoms with E-state index in [4.69, 9.17) is 0 Å². The molecule has 0 saturated heterocycles. The molecule has 0 atom stereocenters. The standard InChI is InChI=1S/C30H28N2/c1-19(2)31-27-11-7-5-9-23(27)25-15-13-21(17-29(25)31)22-14-16-26-24-10-6-8-12-28(24)32(20(3)4)30(26)18-22/h5-20H,1-4H3. The van der Waals surface area contributed by atoms with E-state index in [0.717, 1.165) is 0 Å². The average Bonchev–Trinajstić information content (AvgIpc) is 3.31. The minimum absolute atomic E-state index is 0.401. The van der Waals surface area contributed by atoms with E-state index < -0.39 is 0 Å². The van der Waals surface area contributed by atoms with Crippen molar-refractivity contribution in [3.05, 3.63) is 84.9 Å². The second-order valence-corrected chi connectivity index (χ2v) is 9.43. The maximum atomic E-state index is 2.47. The molecule has 0 aliphatic heterocycles. The summed E-state index contributed by atoms with van der Waals surface area (Å²) in [5.41, 5.74) is 7.77. The normalized spacial score (nSPS) is 12.3. The molecule has 32 heavy (non-hydrogen) atoms. The smallest absolute Gasteiger partial charge is 0.0500 e. The third kappa shape index (κ3) is 2.65. The average molecular weight is 417 g/mol. The van der Waals surface area contributed by atoms with E-state index in [-0.39, 0.29) is 0 Å². The van der Waals surface area contributed by atoms with Crippen LogP contribution in [0.25, 0.3) is 54.7 Å². The van der Waals surface area contributed by atoms with Gasteiger partial charge >= 0.3 is 0 Å². The van der Waals surface area contributed by atoms with Crippen LogP contribution in [0.4, 0.5) is 0 Å². The molecule has 0 aliphatic rings. The number of benzene rings is 4. The molecule has 0 N–H and O–H groups in total. The molecule has 0 spiro atoms. The molecule has 0 bridgehead atoms. The molecule has 158 valence electrons. The Morgan fingerprint density at radius 2 is 0.812 bits per heavy atom. The van der Waals surface area contributed by atoms with Crippen molar-refractivity contribution in [3.8, 4) is 11.1 Å². The molecule has 0 unspecified atom stereocenters. The number of rotatable bonds is 3. The quantitative estimate of drug-likeness (QED) is 0.273. The van der Waals surface area contributed by atoms with Crippen LogP contribution in [0.3, 0.4) is 0 Å². The highest BCUT2D eigenvalue weighted by atomic mass is 15.0. The van der Waals surface area contributed by atoms with Crippen LogP contribution in [0, 0.1) is 0 Å². The van der Waals surface area contributed by atoms with Gasteiger partial charge in [0.2, 0.25) is 0 Å². The van der Waals surface area contributed by atoms with Crippen molar-refractivity contribution >= 4 is 43.6 Å². The van der Waals surface area contributed by atoms with Gasteiger partial charge in [0.05, 0.1) is 0 Å². The summed E-state index contributed by atoms with van der Waals surface area (Å²) in [6, 6.07) is 32.2. The first kappa shape index (κ1) is 19.2. The van der Waals surface area contributed by atoms with Gasteiger partial charge in [0.1, 0.15) is 0 Å². The van der Waals surface area contributed by atoms with Gasteiger partial charge in [0.25, 0.3) is 0 Å². The Hall–Kier alpha value is -3.52. The van der Waals surface area contributed by atoms with E-state index in [2.05, 4.69) is 122 Å². The molecule has 4 aromatic carbocycles.